The number of hydrogen-bond donors (Lipinski definition) is 3. The number of carbonyl (C=O) groups is 3. The summed E-state index contributed by atoms with van der Waals surface area (Å²) in [6, 6.07) is 17.6. The minimum Gasteiger partial charge on any atom is -0.469 e. The molecule has 0 aliphatic carbocycles. The van der Waals surface area contributed by atoms with Gasteiger partial charge in [-0.1, -0.05) is 68.4 Å². The second kappa shape index (κ2) is 15.4. The molecule has 0 spiro atoms. The number of nitrogens with two attached hydrogens (primary N) is 1. The SMILES string of the molecule is COC(=O)CCC(Cc1ccc(-c2ccccc2)cc1)NC(=O)c1csc(C(O)CC(C(C)C)N(C)C(=O)CN)n1. The maximum Gasteiger partial charge on any atom is 0.305 e. The fourth-order valence-corrected chi connectivity index (χ4v) is 5.50. The predicted octanol–water partition coefficient (Wildman–Crippen LogP) is 3.97. The fourth-order valence-electron chi connectivity index (χ4n) is 4.71. The van der Waals surface area contributed by atoms with E-state index in [0.717, 1.165) is 16.7 Å². The monoisotopic (exact) mass is 580 g/mol. The molecule has 220 valence electrons. The lowest BCUT2D eigenvalue weighted by Crippen LogP contribution is -2.44. The second-order valence-corrected chi connectivity index (χ2v) is 11.3. The highest BCUT2D eigenvalue weighted by atomic mass is 32.1. The van der Waals surface area contributed by atoms with Crippen LogP contribution in [0, 0.1) is 5.92 Å². The van der Waals surface area contributed by atoms with Crippen molar-refractivity contribution in [1.82, 2.24) is 15.2 Å². The number of likely N-dealkylation sites (N-methyl/N-ethyl adjacent to an activating group) is 1. The van der Waals surface area contributed by atoms with Crippen molar-refractivity contribution < 1.29 is 24.2 Å². The Morgan fingerprint density at radius 1 is 1.07 bits per heavy atom. The van der Waals surface area contributed by atoms with Gasteiger partial charge in [0.25, 0.3) is 5.91 Å². The molecule has 10 heteroatoms. The van der Waals surface area contributed by atoms with Crippen molar-refractivity contribution in [3.05, 3.63) is 76.2 Å². The third-order valence-corrected chi connectivity index (χ3v) is 8.09. The zero-order valence-corrected chi connectivity index (χ0v) is 24.9. The standard InChI is InChI=1S/C31H40N4O5S/c1-20(2)26(35(3)28(37)18-32)17-27(36)31-34-25(19-41-31)30(39)33-24(14-15-29(38)40-4)16-21-10-12-23(13-11-21)22-8-6-5-7-9-22/h5-13,19-20,24,26-27,36H,14-18,32H2,1-4H3,(H,33,39). The van der Waals surface area contributed by atoms with Gasteiger partial charge in [0.15, 0.2) is 0 Å². The summed E-state index contributed by atoms with van der Waals surface area (Å²) in [7, 11) is 3.02. The van der Waals surface area contributed by atoms with Crippen LogP contribution in [0.5, 0.6) is 0 Å². The minimum atomic E-state index is -0.944. The summed E-state index contributed by atoms with van der Waals surface area (Å²) in [4.78, 5) is 43.1. The van der Waals surface area contributed by atoms with Crippen LogP contribution in [0.25, 0.3) is 11.1 Å². The number of methoxy groups -OCH3 is 1. The van der Waals surface area contributed by atoms with Crippen molar-refractivity contribution in [2.75, 3.05) is 20.7 Å². The number of ether oxygens (including phenoxy) is 1. The van der Waals surface area contributed by atoms with Crippen LogP contribution in [0.15, 0.2) is 60.0 Å². The molecule has 41 heavy (non-hydrogen) atoms. The number of aliphatic hydroxyl groups excluding tert-OH is 1. The van der Waals surface area contributed by atoms with Crippen molar-refractivity contribution >= 4 is 29.1 Å². The van der Waals surface area contributed by atoms with E-state index < -0.39 is 6.10 Å². The van der Waals surface area contributed by atoms with Gasteiger partial charge in [-0.3, -0.25) is 14.4 Å². The summed E-state index contributed by atoms with van der Waals surface area (Å²) in [6.45, 7) is 3.84. The first-order valence-corrected chi connectivity index (χ1v) is 14.6. The van der Waals surface area contributed by atoms with Crippen LogP contribution < -0.4 is 11.1 Å². The second-order valence-electron chi connectivity index (χ2n) is 10.4. The van der Waals surface area contributed by atoms with E-state index in [1.165, 1.54) is 18.4 Å². The number of benzene rings is 2. The van der Waals surface area contributed by atoms with Crippen LogP contribution >= 0.6 is 11.3 Å². The first-order valence-electron chi connectivity index (χ1n) is 13.7. The zero-order valence-electron chi connectivity index (χ0n) is 24.1. The Labute approximate surface area is 245 Å². The van der Waals surface area contributed by atoms with E-state index in [1.54, 1.807) is 17.3 Å². The number of hydrogen-bond acceptors (Lipinski definition) is 8. The van der Waals surface area contributed by atoms with E-state index in [0.29, 0.717) is 17.8 Å². The van der Waals surface area contributed by atoms with Gasteiger partial charge in [-0.05, 0) is 35.4 Å². The number of aliphatic hydroxyl groups is 1. The van der Waals surface area contributed by atoms with Crippen molar-refractivity contribution in [2.24, 2.45) is 11.7 Å². The summed E-state index contributed by atoms with van der Waals surface area (Å²) in [5, 5.41) is 15.9. The molecule has 0 bridgehead atoms. The smallest absolute Gasteiger partial charge is 0.305 e. The summed E-state index contributed by atoms with van der Waals surface area (Å²) < 4.78 is 4.80. The van der Waals surface area contributed by atoms with Gasteiger partial charge in [0.2, 0.25) is 5.91 Å². The van der Waals surface area contributed by atoms with Gasteiger partial charge in [-0.2, -0.15) is 0 Å². The van der Waals surface area contributed by atoms with E-state index in [-0.39, 0.29) is 60.9 Å². The third-order valence-electron chi connectivity index (χ3n) is 7.14. The van der Waals surface area contributed by atoms with Gasteiger partial charge in [-0.15, -0.1) is 11.3 Å². The lowest BCUT2D eigenvalue weighted by molar-refractivity contribution is -0.140. The highest BCUT2D eigenvalue weighted by Gasteiger charge is 2.27. The first-order chi connectivity index (χ1) is 19.6. The fraction of sp³-hybridized carbons (Fsp3) is 0.419. The summed E-state index contributed by atoms with van der Waals surface area (Å²) in [5.41, 5.74) is 8.95. The van der Waals surface area contributed by atoms with Gasteiger partial charge in [-0.25, -0.2) is 4.98 Å². The molecule has 4 N–H and O–H groups in total. The lowest BCUT2D eigenvalue weighted by atomic mass is 9.96. The van der Waals surface area contributed by atoms with Crippen LogP contribution in [0.3, 0.4) is 0 Å². The van der Waals surface area contributed by atoms with Gasteiger partial charge >= 0.3 is 5.97 Å². The predicted molar refractivity (Wildman–Crippen MR) is 160 cm³/mol. The lowest BCUT2D eigenvalue weighted by Gasteiger charge is -2.32. The maximum atomic E-state index is 13.2. The van der Waals surface area contributed by atoms with Crippen molar-refractivity contribution in [2.45, 2.75) is 57.7 Å². The van der Waals surface area contributed by atoms with E-state index in [1.807, 2.05) is 68.4 Å². The minimum absolute atomic E-state index is 0.0882. The number of thiazole rings is 1. The zero-order chi connectivity index (χ0) is 29.9. The molecule has 1 heterocycles. The number of nitrogens with zero attached hydrogens (tertiary/aromatic N) is 2. The molecule has 2 aromatic carbocycles. The Bertz CT molecular complexity index is 1280. The molecular formula is C31H40N4O5S. The molecule has 0 saturated heterocycles. The number of esters is 1. The number of amides is 2. The molecule has 0 radical (unpaired) electrons. The van der Waals surface area contributed by atoms with E-state index in [9.17, 15) is 19.5 Å². The molecule has 2 amide bonds. The largest absolute Gasteiger partial charge is 0.469 e. The molecular weight excluding hydrogens is 540 g/mol. The van der Waals surface area contributed by atoms with Crippen LogP contribution in [0.2, 0.25) is 0 Å². The number of rotatable bonds is 14. The van der Waals surface area contributed by atoms with Crippen molar-refractivity contribution in [3.8, 4) is 11.1 Å². The molecule has 3 rings (SSSR count). The first kappa shape index (κ1) is 31.9. The van der Waals surface area contributed by atoms with Crippen LogP contribution in [0.1, 0.15) is 60.3 Å². The molecule has 9 nitrogen and oxygen atoms in total. The Balaban J connectivity index is 1.69. The van der Waals surface area contributed by atoms with Crippen molar-refractivity contribution in [3.63, 3.8) is 0 Å². The Kier molecular flexibility index (Phi) is 12.0. The molecule has 3 aromatic rings. The summed E-state index contributed by atoms with van der Waals surface area (Å²) >= 11 is 1.19. The Morgan fingerprint density at radius 2 is 1.73 bits per heavy atom. The molecule has 1 aromatic heterocycles. The number of nitrogens with one attached hydrogen (secondary N) is 1. The highest BCUT2D eigenvalue weighted by molar-refractivity contribution is 7.09. The quantitative estimate of drug-likeness (QED) is 0.246. The van der Waals surface area contributed by atoms with Crippen LogP contribution in [-0.4, -0.2) is 65.6 Å². The molecule has 3 atom stereocenters. The van der Waals surface area contributed by atoms with Crippen LogP contribution in [-0.2, 0) is 20.7 Å². The van der Waals surface area contributed by atoms with Gasteiger partial charge < -0.3 is 25.8 Å². The Hall–Kier alpha value is -3.60. The number of carbonyl (C=O) groups excluding carboxylic acids is 3. The average molecular weight is 581 g/mol. The Morgan fingerprint density at radius 3 is 2.34 bits per heavy atom. The van der Waals surface area contributed by atoms with Gasteiger partial charge in [0, 0.05) is 37.4 Å². The third kappa shape index (κ3) is 9.21. The molecule has 0 aliphatic heterocycles. The molecule has 0 fully saturated rings. The van der Waals surface area contributed by atoms with Crippen LogP contribution in [0.4, 0.5) is 0 Å². The average Bonchev–Trinajstić information content (AvgIpc) is 3.49. The molecule has 0 saturated carbocycles. The van der Waals surface area contributed by atoms with E-state index in [4.69, 9.17) is 10.5 Å². The van der Waals surface area contributed by atoms with E-state index in [2.05, 4.69) is 10.3 Å². The topological polar surface area (TPSA) is 135 Å². The molecule has 0 aliphatic rings. The van der Waals surface area contributed by atoms with Gasteiger partial charge in [0.05, 0.1) is 13.7 Å². The normalized spacial score (nSPS) is 13.3. The maximum absolute atomic E-state index is 13.2. The van der Waals surface area contributed by atoms with E-state index >= 15 is 0 Å². The molecule has 3 unspecified atom stereocenters. The van der Waals surface area contributed by atoms with Crippen molar-refractivity contribution in [1.29, 1.82) is 0 Å². The van der Waals surface area contributed by atoms with Gasteiger partial charge in [0.1, 0.15) is 16.8 Å². The summed E-state index contributed by atoms with van der Waals surface area (Å²) in [6.07, 6.45) is 0.413. The summed E-state index contributed by atoms with van der Waals surface area (Å²) in [5.74, 6) is -0.847. The number of aromatic nitrogens is 1. The highest BCUT2D eigenvalue weighted by Crippen LogP contribution is 2.27.